The number of nitrogens with one attached hydrogen (secondary N) is 1. The summed E-state index contributed by atoms with van der Waals surface area (Å²) in [5.41, 5.74) is 4.58. The highest BCUT2D eigenvalue weighted by Crippen LogP contribution is 2.41. The lowest BCUT2D eigenvalue weighted by atomic mass is 9.89. The van der Waals surface area contributed by atoms with Gasteiger partial charge in [0.05, 0.1) is 27.0 Å². The van der Waals surface area contributed by atoms with E-state index in [1.807, 2.05) is 6.07 Å². The molecule has 0 bridgehead atoms. The number of hydrogen-bond acceptors (Lipinski definition) is 8. The summed E-state index contributed by atoms with van der Waals surface area (Å²) in [6.07, 6.45) is 5.51. The van der Waals surface area contributed by atoms with Crippen LogP contribution in [-0.4, -0.2) is 71.6 Å². The molecular weight excluding hydrogens is 584 g/mol. The van der Waals surface area contributed by atoms with Gasteiger partial charge in [-0.15, -0.1) is 11.3 Å². The van der Waals surface area contributed by atoms with Gasteiger partial charge in [-0.1, -0.05) is 12.1 Å². The monoisotopic (exact) mass is 620 g/mol. The molecule has 0 saturated carbocycles. The Balaban J connectivity index is 1.24. The molecule has 0 spiro atoms. The van der Waals surface area contributed by atoms with Gasteiger partial charge in [0, 0.05) is 36.5 Å². The van der Waals surface area contributed by atoms with Crippen LogP contribution in [0.4, 0.5) is 16.0 Å². The van der Waals surface area contributed by atoms with Crippen molar-refractivity contribution in [1.29, 1.82) is 0 Å². The predicted molar refractivity (Wildman–Crippen MR) is 171 cm³/mol. The molecule has 2 aromatic carbocycles. The van der Waals surface area contributed by atoms with Gasteiger partial charge in [-0.25, -0.2) is 32.1 Å². The van der Waals surface area contributed by atoms with Gasteiger partial charge in [0.25, 0.3) is 0 Å². The molecule has 1 N–H and O–H groups in total. The molecule has 11 heteroatoms. The van der Waals surface area contributed by atoms with Crippen molar-refractivity contribution in [2.75, 3.05) is 44.3 Å². The number of thiazole rings is 1. The third kappa shape index (κ3) is 6.80. The lowest BCUT2D eigenvalue weighted by Crippen LogP contribution is -2.38. The summed E-state index contributed by atoms with van der Waals surface area (Å²) < 4.78 is 40.1. The Morgan fingerprint density at radius 3 is 2.26 bits per heavy atom. The molecule has 2 fully saturated rings. The van der Waals surface area contributed by atoms with Crippen molar-refractivity contribution in [3.05, 3.63) is 77.2 Å². The molecule has 2 saturated heterocycles. The molecule has 4 heterocycles. The van der Waals surface area contributed by atoms with Gasteiger partial charge >= 0.3 is 0 Å². The summed E-state index contributed by atoms with van der Waals surface area (Å²) in [4.78, 5) is 17.6. The van der Waals surface area contributed by atoms with Crippen molar-refractivity contribution in [2.24, 2.45) is 0 Å². The molecule has 43 heavy (non-hydrogen) atoms. The summed E-state index contributed by atoms with van der Waals surface area (Å²) >= 11 is 1.57. The molecule has 2 aromatic heterocycles. The molecule has 0 radical (unpaired) electrons. The van der Waals surface area contributed by atoms with Crippen molar-refractivity contribution in [2.45, 2.75) is 44.4 Å². The zero-order valence-corrected chi connectivity index (χ0v) is 26.2. The second-order valence-corrected chi connectivity index (χ2v) is 14.7. The second-order valence-electron chi connectivity index (χ2n) is 11.4. The lowest BCUT2D eigenvalue weighted by Gasteiger charge is -2.29. The maximum absolute atomic E-state index is 13.8. The Morgan fingerprint density at radius 1 is 0.907 bits per heavy atom. The Labute approximate surface area is 257 Å². The normalized spacial score (nSPS) is 17.7. The smallest absolute Gasteiger partial charge is 0.227 e. The highest BCUT2D eigenvalue weighted by atomic mass is 32.2. The highest BCUT2D eigenvalue weighted by Gasteiger charge is 2.30. The molecule has 226 valence electrons. The largest absolute Gasteiger partial charge is 0.324 e. The van der Waals surface area contributed by atoms with Gasteiger partial charge in [-0.2, -0.15) is 0 Å². The van der Waals surface area contributed by atoms with E-state index in [2.05, 4.69) is 46.5 Å². The van der Waals surface area contributed by atoms with Crippen LogP contribution in [0.15, 0.2) is 60.8 Å². The van der Waals surface area contributed by atoms with Crippen LogP contribution in [0, 0.1) is 5.82 Å². The number of sulfonamides is 1. The maximum atomic E-state index is 13.8. The van der Waals surface area contributed by atoms with Gasteiger partial charge < -0.3 is 10.2 Å². The number of piperidine rings is 2. The van der Waals surface area contributed by atoms with Crippen molar-refractivity contribution in [3.8, 4) is 21.8 Å². The number of benzene rings is 2. The standard InChI is InChI=1S/C32H37FN6O2S2/c1-3-43(40,41)39-20-15-25(16-21-39)31-37-29(24-4-8-26(33)9-5-24)30(42-31)28-12-17-34-32(36-28)35-27-10-6-22(7-11-27)23-13-18-38(2)19-14-23/h4-12,17,23,25H,3,13-16,18-21H2,1-2H3,(H,34,35,36). The summed E-state index contributed by atoms with van der Waals surface area (Å²) in [7, 11) is -1.03. The van der Waals surface area contributed by atoms with Crippen LogP contribution in [0.2, 0.25) is 0 Å². The Morgan fingerprint density at radius 2 is 1.58 bits per heavy atom. The van der Waals surface area contributed by atoms with Crippen LogP contribution in [0.25, 0.3) is 21.8 Å². The Kier molecular flexibility index (Phi) is 8.85. The average Bonchev–Trinajstić information content (AvgIpc) is 3.48. The van der Waals surface area contributed by atoms with E-state index in [1.165, 1.54) is 30.5 Å². The van der Waals surface area contributed by atoms with Gasteiger partial charge in [0.1, 0.15) is 5.82 Å². The van der Waals surface area contributed by atoms with Gasteiger partial charge in [0.2, 0.25) is 16.0 Å². The first-order chi connectivity index (χ1) is 20.8. The number of anilines is 2. The molecule has 2 aliphatic heterocycles. The van der Waals surface area contributed by atoms with Crippen molar-refractivity contribution in [3.63, 3.8) is 0 Å². The predicted octanol–water partition coefficient (Wildman–Crippen LogP) is 6.49. The van der Waals surface area contributed by atoms with Crippen LogP contribution in [0.1, 0.15) is 55.0 Å². The van der Waals surface area contributed by atoms with Gasteiger partial charge in [-0.05, 0) is 107 Å². The van der Waals surface area contributed by atoms with Crippen LogP contribution in [-0.2, 0) is 10.0 Å². The first-order valence-electron chi connectivity index (χ1n) is 14.9. The molecule has 4 aromatic rings. The van der Waals surface area contributed by atoms with Crippen LogP contribution < -0.4 is 5.32 Å². The molecule has 6 rings (SSSR count). The summed E-state index contributed by atoms with van der Waals surface area (Å²) in [6, 6.07) is 16.8. The molecule has 0 atom stereocenters. The molecule has 8 nitrogen and oxygen atoms in total. The molecular formula is C32H37FN6O2S2. The molecule has 2 aliphatic rings. The molecule has 0 unspecified atom stereocenters. The van der Waals surface area contributed by atoms with Crippen molar-refractivity contribution >= 4 is 33.0 Å². The first-order valence-corrected chi connectivity index (χ1v) is 17.3. The van der Waals surface area contributed by atoms with E-state index in [0.29, 0.717) is 37.8 Å². The number of likely N-dealkylation sites (tertiary alicyclic amines) is 1. The van der Waals surface area contributed by atoms with Crippen LogP contribution in [0.5, 0.6) is 0 Å². The fraction of sp³-hybridized carbons (Fsp3) is 0.406. The minimum Gasteiger partial charge on any atom is -0.324 e. The SMILES string of the molecule is CCS(=O)(=O)N1CCC(c2nc(-c3ccc(F)cc3)c(-c3ccnc(Nc4ccc(C5CCN(C)CC5)cc4)n3)s2)CC1. The Bertz CT molecular complexity index is 1640. The number of nitrogens with zero attached hydrogens (tertiary/aromatic N) is 5. The number of hydrogen-bond donors (Lipinski definition) is 1. The average molecular weight is 621 g/mol. The van der Waals surface area contributed by atoms with Crippen LogP contribution in [0.3, 0.4) is 0 Å². The lowest BCUT2D eigenvalue weighted by molar-refractivity contribution is 0.255. The van der Waals surface area contributed by atoms with Gasteiger partial charge in [-0.3, -0.25) is 0 Å². The zero-order chi connectivity index (χ0) is 30.0. The highest BCUT2D eigenvalue weighted by molar-refractivity contribution is 7.89. The zero-order valence-electron chi connectivity index (χ0n) is 24.5. The summed E-state index contributed by atoms with van der Waals surface area (Å²) in [5.74, 6) is 1.03. The van der Waals surface area contributed by atoms with E-state index < -0.39 is 10.0 Å². The van der Waals surface area contributed by atoms with E-state index in [-0.39, 0.29) is 17.5 Å². The van der Waals surface area contributed by atoms with E-state index >= 15 is 0 Å². The van der Waals surface area contributed by atoms with Gasteiger partial charge in [0.15, 0.2) is 0 Å². The fourth-order valence-corrected chi connectivity index (χ4v) is 8.27. The number of aromatic nitrogens is 3. The van der Waals surface area contributed by atoms with E-state index in [0.717, 1.165) is 45.6 Å². The minimum atomic E-state index is -3.21. The summed E-state index contributed by atoms with van der Waals surface area (Å²) in [6.45, 7) is 4.91. The summed E-state index contributed by atoms with van der Waals surface area (Å²) in [5, 5.41) is 4.30. The van der Waals surface area contributed by atoms with Crippen LogP contribution >= 0.6 is 11.3 Å². The van der Waals surface area contributed by atoms with Crippen molar-refractivity contribution < 1.29 is 12.8 Å². The van der Waals surface area contributed by atoms with E-state index in [1.54, 1.807) is 40.9 Å². The molecule has 0 amide bonds. The maximum Gasteiger partial charge on any atom is 0.227 e. The third-order valence-corrected chi connectivity index (χ3v) is 11.7. The fourth-order valence-electron chi connectivity index (χ4n) is 5.91. The topological polar surface area (TPSA) is 91.3 Å². The van der Waals surface area contributed by atoms with E-state index in [9.17, 15) is 12.8 Å². The number of halogens is 1. The minimum absolute atomic E-state index is 0.111. The second kappa shape index (κ2) is 12.8. The molecule has 0 aliphatic carbocycles. The van der Waals surface area contributed by atoms with Crippen molar-refractivity contribution in [1.82, 2.24) is 24.2 Å². The number of rotatable bonds is 8. The third-order valence-electron chi connectivity index (χ3n) is 8.57. The van der Waals surface area contributed by atoms with E-state index in [4.69, 9.17) is 9.97 Å². The first kappa shape index (κ1) is 29.8. The quantitative estimate of drug-likeness (QED) is 0.241. The Hall–Kier alpha value is -3.25.